The molecule has 1 N–H and O–H groups in total. The number of hydrogen-bond acceptors (Lipinski definition) is 4. The molecule has 6 heteroatoms. The fraction of sp³-hybridized carbons (Fsp3) is 0.429. The van der Waals surface area contributed by atoms with Crippen molar-refractivity contribution in [1.82, 2.24) is 10.2 Å². The van der Waals surface area contributed by atoms with Crippen molar-refractivity contribution in [3.8, 4) is 0 Å². The molecule has 0 radical (unpaired) electrons. The summed E-state index contributed by atoms with van der Waals surface area (Å²) in [6.45, 7) is 2.49. The number of benzene rings is 1. The number of fused-ring (bicyclic) bond motifs is 1. The number of amides is 2. The first kappa shape index (κ1) is 15.2. The molecule has 0 unspecified atom stereocenters. The van der Waals surface area contributed by atoms with Gasteiger partial charge in [0.2, 0.25) is 0 Å². The number of hydrogen-bond donors (Lipinski definition) is 1. The quantitative estimate of drug-likeness (QED) is 0.606. The molecule has 108 valence electrons. The third-order valence-corrected chi connectivity index (χ3v) is 3.64. The summed E-state index contributed by atoms with van der Waals surface area (Å²) in [5, 5.41) is 3.19. The zero-order valence-corrected chi connectivity index (χ0v) is 12.9. The average Bonchev–Trinajstić information content (AvgIpc) is 2.67. The smallest absolute Gasteiger partial charge is 0.261 e. The fourth-order valence-electron chi connectivity index (χ4n) is 2.12. The first-order valence-corrected chi connectivity index (χ1v) is 7.30. The normalized spacial score (nSPS) is 14.0. The van der Waals surface area contributed by atoms with Crippen molar-refractivity contribution in [2.75, 3.05) is 33.4 Å². The standard InChI is InChI=1S/C14H17BrN2O3/c1-20-8-2-5-16-6-7-17-13(18)11-4-3-10(15)9-12(11)14(17)19/h3-4,9,16H,2,5-8H2,1H3. The van der Waals surface area contributed by atoms with Gasteiger partial charge in [-0.05, 0) is 31.2 Å². The Labute approximate surface area is 126 Å². The highest BCUT2D eigenvalue weighted by Crippen LogP contribution is 2.25. The van der Waals surface area contributed by atoms with E-state index in [9.17, 15) is 9.59 Å². The molecule has 1 heterocycles. The van der Waals surface area contributed by atoms with Gasteiger partial charge in [0, 0.05) is 31.3 Å². The Morgan fingerprint density at radius 2 is 1.95 bits per heavy atom. The van der Waals surface area contributed by atoms with Crippen LogP contribution in [0.25, 0.3) is 0 Å². The summed E-state index contributed by atoms with van der Waals surface area (Å²) in [4.78, 5) is 25.6. The summed E-state index contributed by atoms with van der Waals surface area (Å²) in [5.74, 6) is -0.429. The highest BCUT2D eigenvalue weighted by atomic mass is 79.9. The van der Waals surface area contributed by atoms with Gasteiger partial charge < -0.3 is 10.1 Å². The fourth-order valence-corrected chi connectivity index (χ4v) is 2.48. The van der Waals surface area contributed by atoms with Crippen molar-refractivity contribution >= 4 is 27.7 Å². The van der Waals surface area contributed by atoms with Gasteiger partial charge in [0.05, 0.1) is 11.1 Å². The van der Waals surface area contributed by atoms with E-state index in [1.54, 1.807) is 25.3 Å². The van der Waals surface area contributed by atoms with Gasteiger partial charge in [0.25, 0.3) is 11.8 Å². The molecule has 5 nitrogen and oxygen atoms in total. The maximum absolute atomic E-state index is 12.2. The summed E-state index contributed by atoms with van der Waals surface area (Å²) >= 11 is 3.31. The number of ether oxygens (including phenoxy) is 1. The predicted molar refractivity (Wildman–Crippen MR) is 78.9 cm³/mol. The van der Waals surface area contributed by atoms with Crippen LogP contribution in [-0.4, -0.2) is 50.1 Å². The van der Waals surface area contributed by atoms with Gasteiger partial charge in [-0.15, -0.1) is 0 Å². The van der Waals surface area contributed by atoms with Gasteiger partial charge >= 0.3 is 0 Å². The Kier molecular flexibility index (Phi) is 5.28. The van der Waals surface area contributed by atoms with Crippen LogP contribution in [0.15, 0.2) is 22.7 Å². The number of imide groups is 1. The zero-order valence-electron chi connectivity index (χ0n) is 11.3. The zero-order chi connectivity index (χ0) is 14.5. The molecule has 1 aliphatic heterocycles. The number of methoxy groups -OCH3 is 1. The minimum Gasteiger partial charge on any atom is -0.385 e. The first-order chi connectivity index (χ1) is 9.65. The second-order valence-electron chi connectivity index (χ2n) is 4.55. The third-order valence-electron chi connectivity index (χ3n) is 3.15. The van der Waals surface area contributed by atoms with Crippen molar-refractivity contribution in [2.45, 2.75) is 6.42 Å². The van der Waals surface area contributed by atoms with E-state index in [4.69, 9.17) is 4.74 Å². The second kappa shape index (κ2) is 6.97. The van der Waals surface area contributed by atoms with Crippen molar-refractivity contribution in [1.29, 1.82) is 0 Å². The molecule has 20 heavy (non-hydrogen) atoms. The Bertz CT molecular complexity index is 519. The molecule has 1 aliphatic rings. The monoisotopic (exact) mass is 340 g/mol. The predicted octanol–water partition coefficient (Wildman–Crippen LogP) is 1.67. The van der Waals surface area contributed by atoms with Crippen LogP contribution in [0.3, 0.4) is 0 Å². The van der Waals surface area contributed by atoms with Crippen LogP contribution in [-0.2, 0) is 4.74 Å². The molecule has 2 rings (SSSR count). The van der Waals surface area contributed by atoms with Crippen LogP contribution in [0.1, 0.15) is 27.1 Å². The van der Waals surface area contributed by atoms with E-state index in [1.807, 2.05) is 0 Å². The largest absolute Gasteiger partial charge is 0.385 e. The Hall–Kier alpha value is -1.24. The third kappa shape index (κ3) is 3.26. The van der Waals surface area contributed by atoms with E-state index in [2.05, 4.69) is 21.2 Å². The topological polar surface area (TPSA) is 58.6 Å². The molecule has 1 aromatic carbocycles. The highest BCUT2D eigenvalue weighted by molar-refractivity contribution is 9.10. The first-order valence-electron chi connectivity index (χ1n) is 6.50. The lowest BCUT2D eigenvalue weighted by molar-refractivity contribution is 0.0655. The molecule has 0 saturated carbocycles. The Balaban J connectivity index is 1.89. The lowest BCUT2D eigenvalue weighted by Crippen LogP contribution is -2.36. The second-order valence-corrected chi connectivity index (χ2v) is 5.46. The number of carbonyl (C=O) groups excluding carboxylic acids is 2. The number of nitrogens with one attached hydrogen (secondary N) is 1. The summed E-state index contributed by atoms with van der Waals surface area (Å²) in [6, 6.07) is 5.16. The molecule has 0 bridgehead atoms. The van der Waals surface area contributed by atoms with Gasteiger partial charge in [-0.1, -0.05) is 15.9 Å². The lowest BCUT2D eigenvalue weighted by atomic mass is 10.1. The maximum atomic E-state index is 12.2. The van der Waals surface area contributed by atoms with Crippen LogP contribution in [0, 0.1) is 0 Å². The minimum atomic E-state index is -0.218. The molecule has 1 aromatic rings. The molecular formula is C14H17BrN2O3. The van der Waals surface area contributed by atoms with E-state index in [0.717, 1.165) is 17.4 Å². The summed E-state index contributed by atoms with van der Waals surface area (Å²) in [6.07, 6.45) is 0.908. The van der Waals surface area contributed by atoms with Gasteiger partial charge in [-0.25, -0.2) is 0 Å². The van der Waals surface area contributed by atoms with Crippen LogP contribution in [0.4, 0.5) is 0 Å². The van der Waals surface area contributed by atoms with Crippen molar-refractivity contribution in [3.63, 3.8) is 0 Å². The van der Waals surface area contributed by atoms with Crippen molar-refractivity contribution in [2.24, 2.45) is 0 Å². The molecular weight excluding hydrogens is 324 g/mol. The average molecular weight is 341 g/mol. The summed E-state index contributed by atoms with van der Waals surface area (Å²) in [7, 11) is 1.66. The molecule has 0 saturated heterocycles. The SMILES string of the molecule is COCCCNCCN1C(=O)c2ccc(Br)cc2C1=O. The number of rotatable bonds is 7. The molecule has 0 fully saturated rings. The van der Waals surface area contributed by atoms with E-state index in [1.165, 1.54) is 4.90 Å². The molecule has 0 aromatic heterocycles. The van der Waals surface area contributed by atoms with E-state index in [0.29, 0.717) is 30.8 Å². The molecule has 0 aliphatic carbocycles. The number of carbonyl (C=O) groups is 2. The van der Waals surface area contributed by atoms with Gasteiger partial charge in [-0.3, -0.25) is 14.5 Å². The van der Waals surface area contributed by atoms with E-state index < -0.39 is 0 Å². The van der Waals surface area contributed by atoms with Crippen LogP contribution < -0.4 is 5.32 Å². The van der Waals surface area contributed by atoms with E-state index >= 15 is 0 Å². The molecule has 2 amide bonds. The number of halogens is 1. The van der Waals surface area contributed by atoms with Crippen molar-refractivity contribution < 1.29 is 14.3 Å². The lowest BCUT2D eigenvalue weighted by Gasteiger charge is -2.14. The Morgan fingerprint density at radius 3 is 2.70 bits per heavy atom. The van der Waals surface area contributed by atoms with Crippen LogP contribution in [0.5, 0.6) is 0 Å². The number of nitrogens with zero attached hydrogens (tertiary/aromatic N) is 1. The van der Waals surface area contributed by atoms with Crippen LogP contribution >= 0.6 is 15.9 Å². The Morgan fingerprint density at radius 1 is 1.20 bits per heavy atom. The maximum Gasteiger partial charge on any atom is 0.261 e. The minimum absolute atomic E-state index is 0.212. The summed E-state index contributed by atoms with van der Waals surface area (Å²) < 4.78 is 5.75. The van der Waals surface area contributed by atoms with Gasteiger partial charge in [0.15, 0.2) is 0 Å². The van der Waals surface area contributed by atoms with Gasteiger partial charge in [-0.2, -0.15) is 0 Å². The molecule has 0 spiro atoms. The van der Waals surface area contributed by atoms with Crippen molar-refractivity contribution in [3.05, 3.63) is 33.8 Å². The van der Waals surface area contributed by atoms with E-state index in [-0.39, 0.29) is 11.8 Å². The molecule has 0 atom stereocenters. The highest BCUT2D eigenvalue weighted by Gasteiger charge is 2.34. The van der Waals surface area contributed by atoms with Crippen LogP contribution in [0.2, 0.25) is 0 Å². The van der Waals surface area contributed by atoms with Gasteiger partial charge in [0.1, 0.15) is 0 Å². The summed E-state index contributed by atoms with van der Waals surface area (Å²) in [5.41, 5.74) is 0.960.